The van der Waals surface area contributed by atoms with Gasteiger partial charge in [-0.1, -0.05) is 35.9 Å². The van der Waals surface area contributed by atoms with Gasteiger partial charge in [0.05, 0.1) is 40.0 Å². The number of carbonyl (C=O) groups excluding carboxylic acids is 2. The van der Waals surface area contributed by atoms with E-state index in [1.54, 1.807) is 41.0 Å². The van der Waals surface area contributed by atoms with Crippen molar-refractivity contribution in [3.8, 4) is 17.2 Å². The molecule has 2 aliphatic heterocycles. The summed E-state index contributed by atoms with van der Waals surface area (Å²) in [7, 11) is 3.72. The second-order valence-electron chi connectivity index (χ2n) is 15.4. The van der Waals surface area contributed by atoms with E-state index in [1.165, 1.54) is 38.5 Å². The molecule has 0 atom stereocenters. The topological polar surface area (TPSA) is 144 Å². The second kappa shape index (κ2) is 14.4. The van der Waals surface area contributed by atoms with Crippen molar-refractivity contribution in [2.24, 2.45) is 25.4 Å². The molecule has 2 aromatic heterocycles. The molecule has 0 spiro atoms. The van der Waals surface area contributed by atoms with Crippen molar-refractivity contribution in [2.45, 2.75) is 64.5 Å². The summed E-state index contributed by atoms with van der Waals surface area (Å²) >= 11 is 6.97. The summed E-state index contributed by atoms with van der Waals surface area (Å²) in [4.78, 5) is 41.3. The molecule has 276 valence electrons. The molecule has 53 heavy (non-hydrogen) atoms. The summed E-state index contributed by atoms with van der Waals surface area (Å²) in [5, 5.41) is 25.8. The summed E-state index contributed by atoms with van der Waals surface area (Å²) in [5.74, 6) is 0.754. The highest BCUT2D eigenvalue weighted by molar-refractivity contribution is 6.36. The van der Waals surface area contributed by atoms with Crippen LogP contribution in [-0.2, 0) is 40.0 Å². The predicted octanol–water partition coefficient (Wildman–Crippen LogP) is 5.53. The summed E-state index contributed by atoms with van der Waals surface area (Å²) < 4.78 is 3.70. The molecule has 0 saturated heterocycles. The van der Waals surface area contributed by atoms with Crippen LogP contribution in [0.1, 0.15) is 88.1 Å². The van der Waals surface area contributed by atoms with Gasteiger partial charge in [0.25, 0.3) is 11.8 Å². The van der Waals surface area contributed by atoms with Gasteiger partial charge in [-0.2, -0.15) is 5.26 Å². The van der Waals surface area contributed by atoms with Crippen LogP contribution >= 0.6 is 11.6 Å². The fourth-order valence-corrected chi connectivity index (χ4v) is 9.62. The average molecular weight is 736 g/mol. The molecule has 4 aromatic rings. The Morgan fingerprint density at radius 1 is 0.887 bits per heavy atom. The normalized spacial score (nSPS) is 20.9. The molecule has 8 rings (SSSR count). The zero-order valence-electron chi connectivity index (χ0n) is 30.4. The minimum Gasteiger partial charge on any atom is -0.395 e. The molecular formula is C40H46ClN9O3. The monoisotopic (exact) mass is 735 g/mol. The number of imidazole rings is 2. The van der Waals surface area contributed by atoms with E-state index in [-0.39, 0.29) is 28.9 Å². The molecule has 2 bridgehead atoms. The SMILES string of the molecule is Cn1c(C(=O)Nc2cccc(-c3cccc(NC(=O)c4nc5c(n4C)CCN(CCO)C5)c3C#N)c2Cl)nc2c1CCN(CCC13CCC(CC1)C3)C2. The number of amides is 2. The lowest BCUT2D eigenvalue weighted by Crippen LogP contribution is -2.34. The van der Waals surface area contributed by atoms with E-state index in [9.17, 15) is 20.0 Å². The number of nitriles is 1. The molecule has 2 amide bonds. The second-order valence-corrected chi connectivity index (χ2v) is 15.7. The van der Waals surface area contributed by atoms with Crippen LogP contribution in [-0.4, -0.2) is 78.6 Å². The van der Waals surface area contributed by atoms with Crippen molar-refractivity contribution in [1.82, 2.24) is 28.9 Å². The van der Waals surface area contributed by atoms with Gasteiger partial charge in [-0.3, -0.25) is 19.4 Å². The largest absolute Gasteiger partial charge is 0.395 e. The van der Waals surface area contributed by atoms with Gasteiger partial charge in [0.1, 0.15) is 6.07 Å². The van der Waals surface area contributed by atoms with E-state index in [0.29, 0.717) is 46.8 Å². The van der Waals surface area contributed by atoms with Crippen LogP contribution in [0.2, 0.25) is 5.02 Å². The number of β-amino-alcohol motifs (C(OH)–C–C–N with tert-alkyl or cyclic N) is 1. The Hall–Kier alpha value is -4.54. The van der Waals surface area contributed by atoms with Gasteiger partial charge in [0.15, 0.2) is 11.6 Å². The van der Waals surface area contributed by atoms with Crippen molar-refractivity contribution < 1.29 is 14.7 Å². The fourth-order valence-electron chi connectivity index (χ4n) is 9.35. The summed E-state index contributed by atoms with van der Waals surface area (Å²) in [6.07, 6.45) is 9.81. The van der Waals surface area contributed by atoms with Crippen LogP contribution in [0.3, 0.4) is 0 Å². The number of halogens is 1. The minimum atomic E-state index is -0.433. The highest BCUT2D eigenvalue weighted by atomic mass is 35.5. The zero-order valence-corrected chi connectivity index (χ0v) is 31.2. The standard InChI is InChI=1S/C40H46ClN9O3/c1-47-34-12-17-50(19-20-51)24-32(34)44-36(47)38(52)45-29-7-3-5-26(28(29)22-42)27-6-4-8-30(35(27)41)46-39(53)37-43-31-23-49(16-11-33(31)48(37)2)18-15-40-13-9-25(21-40)10-14-40/h3-8,25,51H,9-21,23-24H2,1-2H3,(H,45,52)(H,46,53). The number of aliphatic hydroxyl groups excluding tert-OH is 1. The highest BCUT2D eigenvalue weighted by Gasteiger charge is 2.44. The van der Waals surface area contributed by atoms with Crippen molar-refractivity contribution >= 4 is 34.8 Å². The van der Waals surface area contributed by atoms with Crippen LogP contribution in [0, 0.1) is 22.7 Å². The van der Waals surface area contributed by atoms with Crippen molar-refractivity contribution in [3.05, 3.63) is 81.4 Å². The van der Waals surface area contributed by atoms with Crippen LogP contribution in [0.15, 0.2) is 36.4 Å². The number of anilines is 2. The third-order valence-electron chi connectivity index (χ3n) is 12.3. The van der Waals surface area contributed by atoms with Crippen LogP contribution in [0.4, 0.5) is 11.4 Å². The van der Waals surface area contributed by atoms with Crippen molar-refractivity contribution in [2.75, 3.05) is 43.4 Å². The Morgan fingerprint density at radius 2 is 1.45 bits per heavy atom. The van der Waals surface area contributed by atoms with E-state index >= 15 is 0 Å². The lowest BCUT2D eigenvalue weighted by Gasteiger charge is -2.32. The zero-order chi connectivity index (χ0) is 36.9. The van der Waals surface area contributed by atoms with Gasteiger partial charge in [-0.25, -0.2) is 9.97 Å². The smallest absolute Gasteiger partial charge is 0.291 e. The first-order valence-corrected chi connectivity index (χ1v) is 19.1. The first-order chi connectivity index (χ1) is 25.7. The maximum atomic E-state index is 13.7. The van der Waals surface area contributed by atoms with Crippen molar-refractivity contribution in [3.63, 3.8) is 0 Å². The van der Waals surface area contributed by atoms with Gasteiger partial charge < -0.3 is 24.9 Å². The Morgan fingerprint density at radius 3 is 2.02 bits per heavy atom. The molecule has 2 aromatic carbocycles. The van der Waals surface area contributed by atoms with Crippen LogP contribution in [0.5, 0.6) is 0 Å². The molecule has 2 fully saturated rings. The van der Waals surface area contributed by atoms with Gasteiger partial charge >= 0.3 is 0 Å². The molecule has 4 aliphatic rings. The summed E-state index contributed by atoms with van der Waals surface area (Å²) in [6, 6.07) is 12.7. The molecule has 2 saturated carbocycles. The highest BCUT2D eigenvalue weighted by Crippen LogP contribution is 2.56. The van der Waals surface area contributed by atoms with Gasteiger partial charge in [-0.05, 0) is 68.5 Å². The Balaban J connectivity index is 0.975. The first kappa shape index (κ1) is 35.5. The number of rotatable bonds is 10. The summed E-state index contributed by atoms with van der Waals surface area (Å²) in [6.45, 7) is 4.75. The predicted molar refractivity (Wildman–Crippen MR) is 203 cm³/mol. The van der Waals surface area contributed by atoms with Gasteiger partial charge in [-0.15, -0.1) is 0 Å². The third kappa shape index (κ3) is 6.65. The van der Waals surface area contributed by atoms with Crippen molar-refractivity contribution in [1.29, 1.82) is 5.26 Å². The molecular weight excluding hydrogens is 690 g/mol. The molecule has 12 nitrogen and oxygen atoms in total. The van der Waals surface area contributed by atoms with E-state index in [0.717, 1.165) is 67.7 Å². The third-order valence-corrected chi connectivity index (χ3v) is 12.7. The number of nitrogens with one attached hydrogen (secondary N) is 2. The number of hydrogen-bond acceptors (Lipinski definition) is 8. The number of nitrogens with zero attached hydrogens (tertiary/aromatic N) is 7. The minimum absolute atomic E-state index is 0.0630. The maximum Gasteiger partial charge on any atom is 0.291 e. The number of benzene rings is 2. The molecule has 0 unspecified atom stereocenters. The fraction of sp³-hybridized carbons (Fsp3) is 0.475. The Bertz CT molecular complexity index is 2120. The number of aromatic nitrogens is 4. The van der Waals surface area contributed by atoms with E-state index in [1.807, 2.05) is 18.7 Å². The number of aliphatic hydroxyl groups is 1. The first-order valence-electron chi connectivity index (χ1n) is 18.8. The van der Waals surface area contributed by atoms with Crippen LogP contribution in [0.25, 0.3) is 11.1 Å². The molecule has 3 N–H and O–H groups in total. The molecule has 0 radical (unpaired) electrons. The Labute approximate surface area is 314 Å². The van der Waals surface area contributed by atoms with E-state index in [4.69, 9.17) is 16.6 Å². The van der Waals surface area contributed by atoms with Gasteiger partial charge in [0, 0.05) is 82.2 Å². The van der Waals surface area contributed by atoms with Crippen LogP contribution < -0.4 is 10.6 Å². The maximum absolute atomic E-state index is 13.7. The summed E-state index contributed by atoms with van der Waals surface area (Å²) in [5.41, 5.74) is 6.43. The van der Waals surface area contributed by atoms with E-state index < -0.39 is 5.91 Å². The molecule has 2 aliphatic carbocycles. The quantitative estimate of drug-likeness (QED) is 0.193. The van der Waals surface area contributed by atoms with E-state index in [2.05, 4.69) is 31.5 Å². The number of carbonyl (C=O) groups is 2. The molecule has 13 heteroatoms. The Kier molecular flexibility index (Phi) is 9.62. The van der Waals surface area contributed by atoms with Gasteiger partial charge in [0.2, 0.25) is 0 Å². The average Bonchev–Trinajstić information content (AvgIpc) is 3.93. The molecule has 4 heterocycles. The lowest BCUT2D eigenvalue weighted by atomic mass is 9.81. The number of fused-ring (bicyclic) bond motifs is 4. The lowest BCUT2D eigenvalue weighted by molar-refractivity contribution is 0.100. The number of hydrogen-bond donors (Lipinski definition) is 3.